The van der Waals surface area contributed by atoms with E-state index in [1.165, 1.54) is 0 Å². The maximum atomic E-state index is 12.2. The molecule has 0 saturated carbocycles. The van der Waals surface area contributed by atoms with Gasteiger partial charge in [0.2, 0.25) is 34.7 Å². The molecule has 2 N–H and O–H groups in total. The zero-order chi connectivity index (χ0) is 28.1. The maximum Gasteiger partial charge on any atom is 0.257 e. The average molecular weight is 525 g/mol. The molecule has 0 bridgehead atoms. The SMILES string of the molecule is C=CC(=O)C(C)(O)OCC(COC(C)(O)C(=O)C=C)(COC1(C(=O)C=C)CO1)COC1(C(=O)C=C)CO1. The van der Waals surface area contributed by atoms with Crippen LogP contribution in [0.4, 0.5) is 0 Å². The van der Waals surface area contributed by atoms with Gasteiger partial charge in [-0.1, -0.05) is 26.3 Å². The Morgan fingerprint density at radius 1 is 0.730 bits per heavy atom. The van der Waals surface area contributed by atoms with Gasteiger partial charge in [-0.3, -0.25) is 19.2 Å². The van der Waals surface area contributed by atoms with Gasteiger partial charge in [0, 0.05) is 0 Å². The van der Waals surface area contributed by atoms with Gasteiger partial charge < -0.3 is 38.6 Å². The van der Waals surface area contributed by atoms with Gasteiger partial charge in [0.1, 0.15) is 13.2 Å². The first kappa shape index (κ1) is 30.5. The molecule has 2 heterocycles. The lowest BCUT2D eigenvalue weighted by molar-refractivity contribution is -0.247. The highest BCUT2D eigenvalue weighted by atomic mass is 16.8. The minimum Gasteiger partial charge on any atom is -0.360 e. The third-order valence-corrected chi connectivity index (χ3v) is 5.76. The van der Waals surface area contributed by atoms with Crippen molar-refractivity contribution in [3.8, 4) is 0 Å². The second-order valence-electron chi connectivity index (χ2n) is 8.98. The highest BCUT2D eigenvalue weighted by molar-refractivity contribution is 5.98. The Bertz CT molecular complexity index is 835. The summed E-state index contributed by atoms with van der Waals surface area (Å²) in [6.07, 6.45) is 3.72. The maximum absolute atomic E-state index is 12.2. The minimum absolute atomic E-state index is 0.0855. The number of rotatable bonds is 20. The third kappa shape index (κ3) is 7.21. The zero-order valence-corrected chi connectivity index (χ0v) is 20.9. The number of hydrogen-bond acceptors (Lipinski definition) is 12. The van der Waals surface area contributed by atoms with E-state index in [1.807, 2.05) is 0 Å². The fraction of sp³-hybridized carbons (Fsp3) is 0.520. The predicted molar refractivity (Wildman–Crippen MR) is 126 cm³/mol. The summed E-state index contributed by atoms with van der Waals surface area (Å²) in [5.74, 6) is -10.9. The number of epoxide rings is 2. The normalized spacial score (nSPS) is 26.9. The monoisotopic (exact) mass is 524 g/mol. The van der Waals surface area contributed by atoms with Crippen LogP contribution in [0.3, 0.4) is 0 Å². The van der Waals surface area contributed by atoms with Gasteiger partial charge in [-0.05, 0) is 38.2 Å². The fourth-order valence-electron chi connectivity index (χ4n) is 2.93. The van der Waals surface area contributed by atoms with E-state index >= 15 is 0 Å². The highest BCUT2D eigenvalue weighted by Gasteiger charge is 2.57. The van der Waals surface area contributed by atoms with Crippen LogP contribution in [0.25, 0.3) is 0 Å². The minimum atomic E-state index is -2.35. The van der Waals surface area contributed by atoms with Crippen LogP contribution >= 0.6 is 0 Å². The number of carbonyl (C=O) groups excluding carboxylic acids is 4. The van der Waals surface area contributed by atoms with E-state index in [2.05, 4.69) is 26.3 Å². The van der Waals surface area contributed by atoms with E-state index in [0.717, 1.165) is 38.2 Å². The summed E-state index contributed by atoms with van der Waals surface area (Å²) in [5, 5.41) is 20.9. The molecular formula is C25H32O12. The van der Waals surface area contributed by atoms with Gasteiger partial charge >= 0.3 is 0 Å². The lowest BCUT2D eigenvalue weighted by Crippen LogP contribution is -2.51. The number of ether oxygens (including phenoxy) is 6. The van der Waals surface area contributed by atoms with Crippen molar-refractivity contribution in [1.82, 2.24) is 0 Å². The molecule has 0 aromatic carbocycles. The largest absolute Gasteiger partial charge is 0.360 e. The first-order chi connectivity index (χ1) is 17.2. The second kappa shape index (κ2) is 11.4. The quantitative estimate of drug-likeness (QED) is 0.124. The molecule has 0 aromatic rings. The number of aliphatic hydroxyl groups is 2. The van der Waals surface area contributed by atoms with Crippen LogP contribution < -0.4 is 0 Å². The Balaban J connectivity index is 2.40. The van der Waals surface area contributed by atoms with E-state index < -0.39 is 78.1 Å². The highest BCUT2D eigenvalue weighted by Crippen LogP contribution is 2.37. The van der Waals surface area contributed by atoms with Crippen molar-refractivity contribution in [1.29, 1.82) is 0 Å². The molecule has 37 heavy (non-hydrogen) atoms. The van der Waals surface area contributed by atoms with Crippen molar-refractivity contribution < 1.29 is 57.8 Å². The Labute approximate surface area is 214 Å². The molecule has 2 fully saturated rings. The van der Waals surface area contributed by atoms with Crippen LogP contribution in [-0.2, 0) is 47.6 Å². The Morgan fingerprint density at radius 2 is 1.05 bits per heavy atom. The van der Waals surface area contributed by atoms with Crippen molar-refractivity contribution >= 4 is 23.1 Å². The van der Waals surface area contributed by atoms with Gasteiger partial charge in [-0.15, -0.1) is 0 Å². The summed E-state index contributed by atoms with van der Waals surface area (Å²) in [5.41, 5.74) is -1.57. The van der Waals surface area contributed by atoms with Crippen LogP contribution in [0, 0.1) is 5.41 Å². The van der Waals surface area contributed by atoms with Crippen molar-refractivity contribution in [2.24, 2.45) is 5.41 Å². The molecule has 0 spiro atoms. The van der Waals surface area contributed by atoms with Gasteiger partial charge in [0.25, 0.3) is 11.6 Å². The molecule has 2 aliphatic rings. The molecular weight excluding hydrogens is 492 g/mol. The van der Waals surface area contributed by atoms with Gasteiger partial charge in [0.05, 0.1) is 31.8 Å². The van der Waals surface area contributed by atoms with Crippen molar-refractivity contribution in [2.45, 2.75) is 37.0 Å². The number of carbonyl (C=O) groups is 4. The molecule has 0 aromatic heterocycles. The smallest absolute Gasteiger partial charge is 0.257 e. The summed E-state index contributed by atoms with van der Waals surface area (Å²) < 4.78 is 32.7. The molecule has 12 nitrogen and oxygen atoms in total. The number of hydrogen-bond donors (Lipinski definition) is 2. The van der Waals surface area contributed by atoms with Gasteiger partial charge in [-0.25, -0.2) is 0 Å². The van der Waals surface area contributed by atoms with E-state index in [0.29, 0.717) is 0 Å². The molecule has 0 radical (unpaired) electrons. The topological polar surface area (TPSA) is 171 Å². The van der Waals surface area contributed by atoms with Crippen LogP contribution in [-0.4, -0.2) is 96.1 Å². The summed E-state index contributed by atoms with van der Waals surface area (Å²) in [7, 11) is 0. The average Bonchev–Trinajstić information content (AvgIpc) is 3.82. The number of ketones is 4. The van der Waals surface area contributed by atoms with Crippen LogP contribution in [0.1, 0.15) is 13.8 Å². The van der Waals surface area contributed by atoms with Crippen molar-refractivity contribution in [3.05, 3.63) is 50.6 Å². The summed E-state index contributed by atoms with van der Waals surface area (Å²) in [6, 6.07) is 0. The summed E-state index contributed by atoms with van der Waals surface area (Å²) in [4.78, 5) is 48.6. The predicted octanol–water partition coefficient (Wildman–Crippen LogP) is -0.0704. The summed E-state index contributed by atoms with van der Waals surface area (Å²) >= 11 is 0. The molecule has 2 aliphatic heterocycles. The fourth-order valence-corrected chi connectivity index (χ4v) is 2.93. The van der Waals surface area contributed by atoms with E-state index in [1.54, 1.807) is 0 Å². The first-order valence-corrected chi connectivity index (χ1v) is 11.1. The van der Waals surface area contributed by atoms with Crippen LogP contribution in [0.15, 0.2) is 50.6 Å². The van der Waals surface area contributed by atoms with Gasteiger partial charge in [-0.2, -0.15) is 0 Å². The van der Waals surface area contributed by atoms with E-state index in [-0.39, 0.29) is 13.2 Å². The lowest BCUT2D eigenvalue weighted by Gasteiger charge is -2.37. The molecule has 0 aliphatic carbocycles. The Kier molecular flexibility index (Phi) is 9.39. The molecule has 2 rings (SSSR count). The third-order valence-electron chi connectivity index (χ3n) is 5.76. The van der Waals surface area contributed by atoms with Crippen molar-refractivity contribution in [3.63, 3.8) is 0 Å². The lowest BCUT2D eigenvalue weighted by atomic mass is 9.91. The molecule has 12 heteroatoms. The standard InChI is InChI=1S/C25H32O12/c1-7-17(26)21(5,30)32-11-23(12-33-22(6,31)18(27)8-2,13-34-24(15-36-24)19(28)9-3)14-35-25(16-37-25)20(29)10-4/h7-10,30-31H,1-4,11-16H2,5-6H3. The molecule has 4 unspecified atom stereocenters. The molecule has 204 valence electrons. The zero-order valence-electron chi connectivity index (χ0n) is 20.9. The Hall–Kier alpha value is -2.68. The van der Waals surface area contributed by atoms with Crippen molar-refractivity contribution in [2.75, 3.05) is 39.6 Å². The molecule has 0 amide bonds. The Morgan fingerprint density at radius 3 is 1.30 bits per heavy atom. The first-order valence-electron chi connectivity index (χ1n) is 11.1. The molecule has 4 atom stereocenters. The summed E-state index contributed by atoms with van der Waals surface area (Å²) in [6.45, 7) is 13.4. The van der Waals surface area contributed by atoms with Gasteiger partial charge in [0.15, 0.2) is 0 Å². The van der Waals surface area contributed by atoms with Crippen LogP contribution in [0.2, 0.25) is 0 Å². The molecule has 2 saturated heterocycles. The van der Waals surface area contributed by atoms with E-state index in [9.17, 15) is 29.4 Å². The second-order valence-corrected chi connectivity index (χ2v) is 8.98. The van der Waals surface area contributed by atoms with E-state index in [4.69, 9.17) is 28.4 Å². The van der Waals surface area contributed by atoms with Crippen LogP contribution in [0.5, 0.6) is 0 Å².